The summed E-state index contributed by atoms with van der Waals surface area (Å²) < 4.78 is 18.5. The van der Waals surface area contributed by atoms with Crippen LogP contribution in [0.15, 0.2) is 12.2 Å². The second-order valence-electron chi connectivity index (χ2n) is 14.0. The number of carbonyl (C=O) groups excluding carboxylic acids is 1. The van der Waals surface area contributed by atoms with Crippen LogP contribution in [0, 0.1) is 34.5 Å². The second kappa shape index (κ2) is 6.69. The summed E-state index contributed by atoms with van der Waals surface area (Å²) in [6, 6.07) is 0. The molecule has 0 amide bonds. The molecule has 9 nitrogen and oxygen atoms in total. The van der Waals surface area contributed by atoms with Gasteiger partial charge in [-0.05, 0) is 70.3 Å². The van der Waals surface area contributed by atoms with Crippen molar-refractivity contribution in [3.8, 4) is 0 Å². The van der Waals surface area contributed by atoms with Gasteiger partial charge in [-0.3, -0.25) is 4.79 Å². The molecule has 15 atom stereocenters. The zero-order valence-corrected chi connectivity index (χ0v) is 22.2. The molecule has 0 radical (unpaired) electrons. The van der Waals surface area contributed by atoms with Crippen molar-refractivity contribution in [1.29, 1.82) is 0 Å². The lowest BCUT2D eigenvalue weighted by Gasteiger charge is -2.69. The highest BCUT2D eigenvalue weighted by Crippen LogP contribution is 2.75. The molecule has 6 fully saturated rings. The van der Waals surface area contributed by atoms with Crippen LogP contribution in [0.4, 0.5) is 0 Å². The second-order valence-corrected chi connectivity index (χ2v) is 14.0. The van der Waals surface area contributed by atoms with Crippen molar-refractivity contribution in [2.24, 2.45) is 34.5 Å². The topological polar surface area (TPSA) is 149 Å². The molecule has 0 spiro atoms. The maximum atomic E-state index is 13.5. The van der Waals surface area contributed by atoms with Crippen LogP contribution in [0.3, 0.4) is 0 Å². The molecular weight excluding hydrogens is 480 g/mol. The SMILES string of the molecule is C[C@@H]1[C@@H]([C@@H]2O[C@H](O)[C@@]3(C)O[C@@]23C)O[C@@]2(O)C[C@H]3[C@@H](C[C@@H](O)[C@@]4(O)CC=CC(=O)[C@]34C)[C@@H]3CC[C@]1(O)[C@]32C. The predicted octanol–water partition coefficient (Wildman–Crippen LogP) is 0.789. The van der Waals surface area contributed by atoms with Crippen LogP contribution in [0.5, 0.6) is 0 Å². The van der Waals surface area contributed by atoms with Crippen LogP contribution in [-0.4, -0.2) is 84.1 Å². The predicted molar refractivity (Wildman–Crippen MR) is 128 cm³/mol. The van der Waals surface area contributed by atoms with Crippen molar-refractivity contribution in [3.63, 3.8) is 0 Å². The number of aliphatic hydroxyl groups is 5. The van der Waals surface area contributed by atoms with E-state index in [1.165, 1.54) is 6.08 Å². The number of fused-ring (bicyclic) bond motifs is 5. The van der Waals surface area contributed by atoms with Gasteiger partial charge in [0.05, 0.1) is 28.6 Å². The van der Waals surface area contributed by atoms with E-state index < -0.39 is 75.5 Å². The Balaban J connectivity index is 1.34. The van der Waals surface area contributed by atoms with Gasteiger partial charge >= 0.3 is 0 Å². The fourth-order valence-corrected chi connectivity index (χ4v) is 10.4. The first-order chi connectivity index (χ1) is 17.1. The number of hydrogen-bond acceptors (Lipinski definition) is 9. The van der Waals surface area contributed by atoms with Crippen molar-refractivity contribution >= 4 is 5.78 Å². The largest absolute Gasteiger partial charge is 0.390 e. The Kier molecular flexibility index (Phi) is 4.53. The lowest BCUT2D eigenvalue weighted by Crippen LogP contribution is -2.78. The van der Waals surface area contributed by atoms with Gasteiger partial charge in [-0.1, -0.05) is 19.9 Å². The number of rotatable bonds is 1. The molecule has 0 aromatic heterocycles. The summed E-state index contributed by atoms with van der Waals surface area (Å²) in [6.07, 6.45) is 0.891. The first-order valence-electron chi connectivity index (χ1n) is 13.8. The van der Waals surface area contributed by atoms with Crippen LogP contribution in [0.25, 0.3) is 0 Å². The van der Waals surface area contributed by atoms with Gasteiger partial charge in [-0.25, -0.2) is 0 Å². The molecule has 3 heterocycles. The molecule has 206 valence electrons. The molecule has 0 bridgehead atoms. The Morgan fingerprint density at radius 3 is 2.32 bits per heavy atom. The summed E-state index contributed by atoms with van der Waals surface area (Å²) in [6.45, 7) is 9.15. The molecule has 0 aromatic carbocycles. The van der Waals surface area contributed by atoms with E-state index >= 15 is 0 Å². The minimum absolute atomic E-state index is 0.0332. The van der Waals surface area contributed by atoms with E-state index in [4.69, 9.17) is 14.2 Å². The maximum Gasteiger partial charge on any atom is 0.187 e. The highest BCUT2D eigenvalue weighted by Gasteiger charge is 2.84. The highest BCUT2D eigenvalue weighted by molar-refractivity contribution is 5.97. The Morgan fingerprint density at radius 2 is 1.70 bits per heavy atom. The average Bonchev–Trinajstić information content (AvgIpc) is 3.20. The lowest BCUT2D eigenvalue weighted by atomic mass is 9.40. The van der Waals surface area contributed by atoms with Gasteiger partial charge in [-0.15, -0.1) is 0 Å². The highest BCUT2D eigenvalue weighted by atomic mass is 16.8. The van der Waals surface area contributed by atoms with E-state index in [1.54, 1.807) is 19.9 Å². The van der Waals surface area contributed by atoms with Crippen LogP contribution in [-0.2, 0) is 19.0 Å². The molecule has 3 aliphatic heterocycles. The van der Waals surface area contributed by atoms with Gasteiger partial charge in [0.1, 0.15) is 22.9 Å². The van der Waals surface area contributed by atoms with Crippen molar-refractivity contribution in [2.75, 3.05) is 0 Å². The molecule has 3 saturated heterocycles. The van der Waals surface area contributed by atoms with Crippen LogP contribution in [0.2, 0.25) is 0 Å². The van der Waals surface area contributed by atoms with Gasteiger partial charge in [-0.2, -0.15) is 0 Å². The monoisotopic (exact) mass is 520 g/mol. The number of ketones is 1. The summed E-state index contributed by atoms with van der Waals surface area (Å²) in [5.41, 5.74) is -7.04. The van der Waals surface area contributed by atoms with E-state index in [9.17, 15) is 30.3 Å². The minimum Gasteiger partial charge on any atom is -0.390 e. The fourth-order valence-electron chi connectivity index (χ4n) is 10.4. The van der Waals surface area contributed by atoms with Crippen molar-refractivity contribution < 1.29 is 44.5 Å². The van der Waals surface area contributed by atoms with Crippen LogP contribution >= 0.6 is 0 Å². The first-order valence-corrected chi connectivity index (χ1v) is 13.8. The first kappa shape index (κ1) is 25.1. The van der Waals surface area contributed by atoms with Gasteiger partial charge < -0.3 is 39.7 Å². The van der Waals surface area contributed by atoms with E-state index in [0.29, 0.717) is 19.3 Å². The van der Waals surface area contributed by atoms with E-state index in [-0.39, 0.29) is 30.5 Å². The summed E-state index contributed by atoms with van der Waals surface area (Å²) in [7, 11) is 0. The van der Waals surface area contributed by atoms with E-state index in [1.807, 2.05) is 20.8 Å². The Hall–Kier alpha value is -0.910. The number of allylic oxidation sites excluding steroid dienone is 1. The van der Waals surface area contributed by atoms with Crippen molar-refractivity contribution in [3.05, 3.63) is 12.2 Å². The summed E-state index contributed by atoms with van der Waals surface area (Å²) in [5.74, 6) is -3.40. The average molecular weight is 521 g/mol. The third-order valence-electron chi connectivity index (χ3n) is 13.3. The van der Waals surface area contributed by atoms with Crippen LogP contribution < -0.4 is 0 Å². The molecule has 9 heteroatoms. The smallest absolute Gasteiger partial charge is 0.187 e. The van der Waals surface area contributed by atoms with Crippen molar-refractivity contribution in [2.45, 2.75) is 120 Å². The molecule has 7 aliphatic rings. The van der Waals surface area contributed by atoms with Crippen molar-refractivity contribution in [1.82, 2.24) is 0 Å². The zero-order valence-electron chi connectivity index (χ0n) is 22.2. The fraction of sp³-hybridized carbons (Fsp3) is 0.893. The minimum atomic E-state index is -1.83. The summed E-state index contributed by atoms with van der Waals surface area (Å²) in [4.78, 5) is 13.5. The van der Waals surface area contributed by atoms with Crippen LogP contribution in [0.1, 0.15) is 66.7 Å². The van der Waals surface area contributed by atoms with Gasteiger partial charge in [0.2, 0.25) is 0 Å². The number of epoxide rings is 1. The maximum absolute atomic E-state index is 13.5. The zero-order chi connectivity index (χ0) is 26.8. The third-order valence-corrected chi connectivity index (χ3v) is 13.3. The molecule has 7 rings (SSSR count). The lowest BCUT2D eigenvalue weighted by molar-refractivity contribution is -0.424. The standard InChI is InChI=1S/C28H40O9/c1-13-19(20-24(4)25(5,37-24)21(31)35-20)36-28(34)12-16-14(15-8-10-26(13,32)23(15,28)3)11-18(30)27(33)9-6-7-17(29)22(16,27)2/h6-7,13-16,18-21,30-34H,8-12H2,1-5H3/t13-,14+,15+,16+,18-,19+,20+,21+,22+,23+,24+,25-,26-,27+,28+/m1/s1. The van der Waals surface area contributed by atoms with E-state index in [2.05, 4.69) is 0 Å². The molecule has 4 aliphatic carbocycles. The Labute approximate surface area is 216 Å². The number of hydrogen-bond donors (Lipinski definition) is 5. The van der Waals surface area contributed by atoms with Gasteiger partial charge in [0, 0.05) is 12.3 Å². The number of carbonyl (C=O) groups is 1. The van der Waals surface area contributed by atoms with Gasteiger partial charge in [0.25, 0.3) is 0 Å². The Bertz CT molecular complexity index is 1110. The number of aliphatic hydroxyl groups excluding tert-OH is 2. The molecule has 5 N–H and O–H groups in total. The quantitative estimate of drug-likeness (QED) is 0.316. The normalized spacial score (nSPS) is 67.6. The Morgan fingerprint density at radius 1 is 1.00 bits per heavy atom. The van der Waals surface area contributed by atoms with Gasteiger partial charge in [0.15, 0.2) is 17.9 Å². The molecule has 0 unspecified atom stereocenters. The molecule has 0 aromatic rings. The summed E-state index contributed by atoms with van der Waals surface area (Å²) >= 11 is 0. The summed E-state index contributed by atoms with van der Waals surface area (Å²) in [5, 5.41) is 58.5. The molecular formula is C28H40O9. The molecule has 3 saturated carbocycles. The third kappa shape index (κ3) is 2.34. The number of ether oxygens (including phenoxy) is 3. The molecule has 37 heavy (non-hydrogen) atoms. The van der Waals surface area contributed by atoms with E-state index in [0.717, 1.165) is 0 Å².